The van der Waals surface area contributed by atoms with Gasteiger partial charge in [0.2, 0.25) is 0 Å². The van der Waals surface area contributed by atoms with E-state index in [0.717, 1.165) is 56.7 Å². The molecule has 1 saturated heterocycles. The highest BCUT2D eigenvalue weighted by Crippen LogP contribution is 2.45. The largest absolute Gasteiger partial charge is 0.478 e. The Bertz CT molecular complexity index is 852. The first-order valence-corrected chi connectivity index (χ1v) is 10.6. The van der Waals surface area contributed by atoms with Gasteiger partial charge in [0.15, 0.2) is 0 Å². The number of thiophene rings is 1. The summed E-state index contributed by atoms with van der Waals surface area (Å²) in [6, 6.07) is 7.29. The zero-order valence-corrected chi connectivity index (χ0v) is 16.4. The molecule has 4 rings (SSSR count). The second kappa shape index (κ2) is 8.32. The second-order valence-corrected chi connectivity index (χ2v) is 8.32. The number of ether oxygens (including phenoxy) is 1. The number of aromatic carboxylic acids is 1. The summed E-state index contributed by atoms with van der Waals surface area (Å²) in [5.74, 6) is -0.325. The van der Waals surface area contributed by atoms with Crippen molar-refractivity contribution in [2.24, 2.45) is 5.92 Å². The Kier molecular flexibility index (Phi) is 5.64. The fraction of sp³-hybridized carbons (Fsp3) is 0.429. The van der Waals surface area contributed by atoms with Crippen LogP contribution in [0.15, 0.2) is 29.6 Å². The molecule has 3 N–H and O–H groups in total. The summed E-state index contributed by atoms with van der Waals surface area (Å²) < 4.78 is 5.38. The summed E-state index contributed by atoms with van der Waals surface area (Å²) in [5, 5.41) is 18.0. The first kappa shape index (κ1) is 19.0. The minimum Gasteiger partial charge on any atom is -0.478 e. The molecule has 2 aliphatic rings. The minimum atomic E-state index is -0.980. The molecule has 1 aliphatic carbocycles. The predicted molar refractivity (Wildman–Crippen MR) is 110 cm³/mol. The first-order chi connectivity index (χ1) is 13.6. The number of carboxylic acids is 1. The van der Waals surface area contributed by atoms with Crippen LogP contribution in [-0.4, -0.2) is 36.7 Å². The zero-order valence-electron chi connectivity index (χ0n) is 15.6. The highest BCUT2D eigenvalue weighted by Gasteiger charge is 2.31. The number of anilines is 2. The van der Waals surface area contributed by atoms with Crippen LogP contribution in [0.3, 0.4) is 0 Å². The number of rotatable bonds is 7. The highest BCUT2D eigenvalue weighted by molar-refractivity contribution is 7.15. The Morgan fingerprint density at radius 3 is 2.46 bits per heavy atom. The third-order valence-corrected chi connectivity index (χ3v) is 6.27. The molecule has 0 radical (unpaired) electrons. The van der Waals surface area contributed by atoms with Crippen LogP contribution in [0.1, 0.15) is 57.9 Å². The normalized spacial score (nSPS) is 17.3. The maximum Gasteiger partial charge on any atom is 0.339 e. The fourth-order valence-electron chi connectivity index (χ4n) is 3.51. The van der Waals surface area contributed by atoms with Gasteiger partial charge in [0.1, 0.15) is 5.00 Å². The minimum absolute atomic E-state index is 0.246. The Labute approximate surface area is 167 Å². The summed E-state index contributed by atoms with van der Waals surface area (Å²) in [6.45, 7) is 2.56. The van der Waals surface area contributed by atoms with E-state index in [1.165, 1.54) is 11.3 Å². The quantitative estimate of drug-likeness (QED) is 0.641. The molecular formula is C21H24N2O4S. The molecule has 7 heteroatoms. The van der Waals surface area contributed by atoms with Crippen molar-refractivity contribution in [3.8, 4) is 0 Å². The Morgan fingerprint density at radius 1 is 1.11 bits per heavy atom. The number of carboxylic acid groups (broad SMARTS) is 1. The fourth-order valence-corrected chi connectivity index (χ4v) is 4.54. The highest BCUT2D eigenvalue weighted by atomic mass is 32.1. The van der Waals surface area contributed by atoms with Crippen molar-refractivity contribution in [2.75, 3.05) is 30.4 Å². The van der Waals surface area contributed by atoms with Gasteiger partial charge in [-0.1, -0.05) is 0 Å². The number of carbonyl (C=O) groups excluding carboxylic acids is 1. The van der Waals surface area contributed by atoms with Gasteiger partial charge < -0.3 is 20.5 Å². The number of hydrogen-bond acceptors (Lipinski definition) is 5. The molecule has 1 aromatic carbocycles. The van der Waals surface area contributed by atoms with Crippen molar-refractivity contribution in [1.82, 2.24) is 0 Å². The van der Waals surface area contributed by atoms with E-state index in [9.17, 15) is 14.7 Å². The molecule has 1 amide bonds. The van der Waals surface area contributed by atoms with Crippen LogP contribution in [0.2, 0.25) is 0 Å². The third-order valence-electron chi connectivity index (χ3n) is 5.36. The SMILES string of the molecule is O=C(Nc1scc(C2CC2)c1C(=O)O)c1ccc(NCC2CCOCC2)cc1. The Morgan fingerprint density at radius 2 is 1.82 bits per heavy atom. The molecular weight excluding hydrogens is 376 g/mol. The molecule has 148 valence electrons. The molecule has 2 heterocycles. The molecule has 28 heavy (non-hydrogen) atoms. The molecule has 0 spiro atoms. The maximum absolute atomic E-state index is 12.6. The Balaban J connectivity index is 1.38. The van der Waals surface area contributed by atoms with E-state index in [0.29, 0.717) is 22.4 Å². The number of nitrogens with one attached hydrogen (secondary N) is 2. The van der Waals surface area contributed by atoms with Crippen molar-refractivity contribution in [2.45, 2.75) is 31.6 Å². The van der Waals surface area contributed by atoms with E-state index in [1.807, 2.05) is 17.5 Å². The van der Waals surface area contributed by atoms with Gasteiger partial charge in [-0.15, -0.1) is 11.3 Å². The summed E-state index contributed by atoms with van der Waals surface area (Å²) in [7, 11) is 0. The van der Waals surface area contributed by atoms with E-state index in [4.69, 9.17) is 4.74 Å². The second-order valence-electron chi connectivity index (χ2n) is 7.44. The molecule has 1 aliphatic heterocycles. The van der Waals surface area contributed by atoms with Gasteiger partial charge >= 0.3 is 5.97 Å². The van der Waals surface area contributed by atoms with E-state index < -0.39 is 5.97 Å². The molecule has 1 saturated carbocycles. The summed E-state index contributed by atoms with van der Waals surface area (Å²) in [6.07, 6.45) is 4.19. The molecule has 0 bridgehead atoms. The van der Waals surface area contributed by atoms with E-state index >= 15 is 0 Å². The number of amides is 1. The van der Waals surface area contributed by atoms with E-state index in [1.54, 1.807) is 12.1 Å². The van der Waals surface area contributed by atoms with Crippen molar-refractivity contribution in [1.29, 1.82) is 0 Å². The average molecular weight is 401 g/mol. The monoisotopic (exact) mass is 400 g/mol. The van der Waals surface area contributed by atoms with Gasteiger partial charge in [-0.05, 0) is 72.7 Å². The van der Waals surface area contributed by atoms with Crippen LogP contribution >= 0.6 is 11.3 Å². The lowest BCUT2D eigenvalue weighted by Crippen LogP contribution is -2.22. The molecule has 0 atom stereocenters. The van der Waals surface area contributed by atoms with Gasteiger partial charge in [-0.2, -0.15) is 0 Å². The van der Waals surface area contributed by atoms with Gasteiger partial charge in [-0.3, -0.25) is 4.79 Å². The van der Waals surface area contributed by atoms with Gasteiger partial charge in [0.05, 0.1) is 5.56 Å². The molecule has 6 nitrogen and oxygen atoms in total. The van der Waals surface area contributed by atoms with Crippen molar-refractivity contribution >= 4 is 33.9 Å². The summed E-state index contributed by atoms with van der Waals surface area (Å²) >= 11 is 1.29. The smallest absolute Gasteiger partial charge is 0.339 e. The maximum atomic E-state index is 12.6. The lowest BCUT2D eigenvalue weighted by Gasteiger charge is -2.22. The first-order valence-electron chi connectivity index (χ1n) is 9.69. The lowest BCUT2D eigenvalue weighted by atomic mass is 10.0. The number of carbonyl (C=O) groups is 2. The molecule has 0 unspecified atom stereocenters. The lowest BCUT2D eigenvalue weighted by molar-refractivity contribution is 0.0695. The van der Waals surface area contributed by atoms with Crippen LogP contribution in [-0.2, 0) is 4.74 Å². The molecule has 2 fully saturated rings. The third kappa shape index (κ3) is 4.36. The summed E-state index contributed by atoms with van der Waals surface area (Å²) in [5.41, 5.74) is 2.58. The van der Waals surface area contributed by atoms with Gasteiger partial charge in [0, 0.05) is 31.0 Å². The average Bonchev–Trinajstić information content (AvgIpc) is 3.47. The van der Waals surface area contributed by atoms with Crippen LogP contribution in [0.4, 0.5) is 10.7 Å². The molecule has 1 aromatic heterocycles. The van der Waals surface area contributed by atoms with Crippen LogP contribution in [0.25, 0.3) is 0 Å². The van der Waals surface area contributed by atoms with Crippen molar-refractivity contribution < 1.29 is 19.4 Å². The van der Waals surface area contributed by atoms with Gasteiger partial charge in [-0.25, -0.2) is 4.79 Å². The number of hydrogen-bond donors (Lipinski definition) is 3. The number of benzene rings is 1. The zero-order chi connectivity index (χ0) is 19.5. The van der Waals surface area contributed by atoms with Gasteiger partial charge in [0.25, 0.3) is 5.91 Å². The standard InChI is InChI=1S/C21H24N2O4S/c24-19(23-20-18(21(25)26)17(12-28-20)14-1-2-14)15-3-5-16(6-4-15)22-11-13-7-9-27-10-8-13/h3-6,12-14,22H,1-2,7-11H2,(H,23,24)(H,25,26). The topological polar surface area (TPSA) is 87.7 Å². The predicted octanol–water partition coefficient (Wildman–Crippen LogP) is 4.41. The van der Waals surface area contributed by atoms with E-state index in [2.05, 4.69) is 10.6 Å². The summed E-state index contributed by atoms with van der Waals surface area (Å²) in [4.78, 5) is 24.2. The van der Waals surface area contributed by atoms with Crippen molar-refractivity contribution in [3.63, 3.8) is 0 Å². The van der Waals surface area contributed by atoms with Crippen LogP contribution in [0.5, 0.6) is 0 Å². The van der Waals surface area contributed by atoms with Crippen LogP contribution < -0.4 is 10.6 Å². The Hall–Kier alpha value is -2.38. The van der Waals surface area contributed by atoms with Crippen LogP contribution in [0, 0.1) is 5.92 Å². The van der Waals surface area contributed by atoms with E-state index in [-0.39, 0.29) is 11.5 Å². The molecule has 2 aromatic rings. The van der Waals surface area contributed by atoms with Crippen molar-refractivity contribution in [3.05, 3.63) is 46.3 Å².